The molecule has 1 fully saturated rings. The maximum Gasteiger partial charge on any atom is 0.223 e. The van der Waals surface area contributed by atoms with Crippen molar-refractivity contribution in [2.45, 2.75) is 19.2 Å². The van der Waals surface area contributed by atoms with Crippen molar-refractivity contribution in [1.29, 1.82) is 0 Å². The van der Waals surface area contributed by atoms with E-state index in [1.165, 1.54) is 6.07 Å². The van der Waals surface area contributed by atoms with Crippen LogP contribution in [0.3, 0.4) is 0 Å². The molecule has 0 radical (unpaired) electrons. The highest BCUT2D eigenvalue weighted by Gasteiger charge is 2.28. The van der Waals surface area contributed by atoms with Crippen LogP contribution in [-0.2, 0) is 17.1 Å². The molecule has 1 heterocycles. The van der Waals surface area contributed by atoms with Gasteiger partial charge in [-0.3, -0.25) is 4.79 Å². The lowest BCUT2D eigenvalue weighted by Crippen LogP contribution is -2.49. The summed E-state index contributed by atoms with van der Waals surface area (Å²) in [5, 5.41) is 6.15. The van der Waals surface area contributed by atoms with E-state index in [1.807, 2.05) is 13.2 Å². The van der Waals surface area contributed by atoms with E-state index in [2.05, 4.69) is 10.6 Å². The summed E-state index contributed by atoms with van der Waals surface area (Å²) in [6, 6.07) is 4.76. The molecular weight excluding hydrogens is 275 g/mol. The summed E-state index contributed by atoms with van der Waals surface area (Å²) in [6.07, 6.45) is 1.99. The van der Waals surface area contributed by atoms with Crippen molar-refractivity contribution < 1.29 is 9.18 Å². The first-order valence-electron chi connectivity index (χ1n) is 6.86. The van der Waals surface area contributed by atoms with E-state index < -0.39 is 0 Å². The molecule has 1 aliphatic heterocycles. The summed E-state index contributed by atoms with van der Waals surface area (Å²) in [6.45, 7) is 4.28. The molecule has 0 bridgehead atoms. The number of carbonyl (C=O) groups excluding carboxylic acids is 1. The van der Waals surface area contributed by atoms with Crippen LogP contribution in [0.1, 0.15) is 18.1 Å². The van der Waals surface area contributed by atoms with Crippen molar-refractivity contribution >= 4 is 17.7 Å². The van der Waals surface area contributed by atoms with E-state index >= 15 is 0 Å². The van der Waals surface area contributed by atoms with Gasteiger partial charge < -0.3 is 10.6 Å². The first-order valence-corrected chi connectivity index (χ1v) is 8.26. The largest absolute Gasteiger partial charge is 0.352 e. The summed E-state index contributed by atoms with van der Waals surface area (Å²) in [5.41, 5.74) is 1.95. The summed E-state index contributed by atoms with van der Waals surface area (Å²) < 4.78 is 13.3. The van der Waals surface area contributed by atoms with E-state index in [9.17, 15) is 9.18 Å². The van der Waals surface area contributed by atoms with Gasteiger partial charge in [0.05, 0.1) is 0 Å². The maximum absolute atomic E-state index is 13.3. The number of halogens is 1. The Morgan fingerprint density at radius 2 is 2.25 bits per heavy atom. The van der Waals surface area contributed by atoms with E-state index in [4.69, 9.17) is 0 Å². The normalized spacial score (nSPS) is 16.6. The van der Waals surface area contributed by atoms with Crippen LogP contribution in [0, 0.1) is 17.7 Å². The highest BCUT2D eigenvalue weighted by atomic mass is 32.2. The second-order valence-electron chi connectivity index (χ2n) is 5.27. The third-order valence-corrected chi connectivity index (χ3v) is 4.45. The Kier molecular flexibility index (Phi) is 5.43. The molecule has 1 aliphatic rings. The lowest BCUT2D eigenvalue weighted by molar-refractivity contribution is -0.126. The lowest BCUT2D eigenvalue weighted by Gasteiger charge is -2.31. The number of amides is 1. The molecule has 1 aromatic carbocycles. The number of carbonyl (C=O) groups is 1. The highest BCUT2D eigenvalue weighted by molar-refractivity contribution is 7.97. The van der Waals surface area contributed by atoms with Crippen LogP contribution in [-0.4, -0.2) is 25.3 Å². The van der Waals surface area contributed by atoms with Crippen molar-refractivity contribution in [1.82, 2.24) is 10.6 Å². The predicted molar refractivity (Wildman–Crippen MR) is 81.0 cm³/mol. The fourth-order valence-corrected chi connectivity index (χ4v) is 2.86. The molecular formula is C15H21FN2OS. The van der Waals surface area contributed by atoms with Crippen LogP contribution in [0.2, 0.25) is 0 Å². The average molecular weight is 296 g/mol. The highest BCUT2D eigenvalue weighted by Crippen LogP contribution is 2.18. The lowest BCUT2D eigenvalue weighted by atomic mass is 9.88. The summed E-state index contributed by atoms with van der Waals surface area (Å²) >= 11 is 1.65. The first-order chi connectivity index (χ1) is 9.61. The van der Waals surface area contributed by atoms with Gasteiger partial charge in [0.2, 0.25) is 5.91 Å². The van der Waals surface area contributed by atoms with Gasteiger partial charge in [0.15, 0.2) is 0 Å². The van der Waals surface area contributed by atoms with E-state index in [1.54, 1.807) is 23.9 Å². The van der Waals surface area contributed by atoms with Gasteiger partial charge in [0, 0.05) is 18.2 Å². The van der Waals surface area contributed by atoms with Gasteiger partial charge in [-0.25, -0.2) is 4.39 Å². The Balaban J connectivity index is 1.94. The third kappa shape index (κ3) is 3.73. The second-order valence-corrected chi connectivity index (χ2v) is 6.14. The monoisotopic (exact) mass is 296 g/mol. The molecule has 3 nitrogen and oxygen atoms in total. The molecule has 1 aromatic rings. The van der Waals surface area contributed by atoms with Crippen LogP contribution in [0.5, 0.6) is 0 Å². The van der Waals surface area contributed by atoms with E-state index in [-0.39, 0.29) is 17.6 Å². The van der Waals surface area contributed by atoms with Crippen LogP contribution < -0.4 is 10.6 Å². The Bertz CT molecular complexity index is 477. The van der Waals surface area contributed by atoms with Crippen LogP contribution in [0.25, 0.3) is 0 Å². The van der Waals surface area contributed by atoms with Crippen LogP contribution >= 0.6 is 11.8 Å². The van der Waals surface area contributed by atoms with Crippen LogP contribution in [0.4, 0.5) is 4.39 Å². The Hall–Kier alpha value is -1.07. The Morgan fingerprint density at radius 3 is 2.85 bits per heavy atom. The van der Waals surface area contributed by atoms with Gasteiger partial charge in [-0.15, -0.1) is 0 Å². The Morgan fingerprint density at radius 1 is 1.50 bits per heavy atom. The molecule has 0 aliphatic carbocycles. The van der Waals surface area contributed by atoms with Crippen LogP contribution in [0.15, 0.2) is 18.2 Å². The fraction of sp³-hybridized carbons (Fsp3) is 0.533. The van der Waals surface area contributed by atoms with Crippen molar-refractivity contribution in [3.63, 3.8) is 0 Å². The summed E-state index contributed by atoms with van der Waals surface area (Å²) in [5.74, 6) is 1.08. The predicted octanol–water partition coefficient (Wildman–Crippen LogP) is 2.16. The smallest absolute Gasteiger partial charge is 0.223 e. The zero-order chi connectivity index (χ0) is 14.5. The van der Waals surface area contributed by atoms with E-state index in [0.717, 1.165) is 30.0 Å². The number of hydrogen-bond donors (Lipinski definition) is 2. The fourth-order valence-electron chi connectivity index (χ4n) is 2.28. The molecule has 1 unspecified atom stereocenters. The van der Waals surface area contributed by atoms with Gasteiger partial charge in [0.1, 0.15) is 5.82 Å². The molecule has 2 N–H and O–H groups in total. The Labute approximate surface area is 123 Å². The minimum atomic E-state index is -0.224. The number of rotatable bonds is 6. The maximum atomic E-state index is 13.3. The summed E-state index contributed by atoms with van der Waals surface area (Å²) in [4.78, 5) is 12.1. The standard InChI is InChI=1S/C15H21FN2OS/c1-10(13-6-17-7-13)15(19)18-8-11-3-4-14(16)5-12(11)9-20-2/h3-5,10,13,17H,6-9H2,1-2H3,(H,18,19). The van der Waals surface area contributed by atoms with Gasteiger partial charge >= 0.3 is 0 Å². The van der Waals surface area contributed by atoms with Crippen molar-refractivity contribution in [2.75, 3.05) is 19.3 Å². The molecule has 2 rings (SSSR count). The minimum absolute atomic E-state index is 0.0284. The molecule has 110 valence electrons. The first kappa shape index (κ1) is 15.3. The molecule has 5 heteroatoms. The minimum Gasteiger partial charge on any atom is -0.352 e. The van der Waals surface area contributed by atoms with Gasteiger partial charge in [-0.1, -0.05) is 13.0 Å². The molecule has 20 heavy (non-hydrogen) atoms. The molecule has 0 aromatic heterocycles. The number of benzene rings is 1. The van der Waals surface area contributed by atoms with Crippen molar-refractivity contribution in [2.24, 2.45) is 11.8 Å². The van der Waals surface area contributed by atoms with E-state index in [0.29, 0.717) is 12.5 Å². The summed E-state index contributed by atoms with van der Waals surface area (Å²) in [7, 11) is 0. The third-order valence-electron chi connectivity index (χ3n) is 3.85. The number of hydrogen-bond acceptors (Lipinski definition) is 3. The molecule has 0 saturated carbocycles. The zero-order valence-corrected chi connectivity index (χ0v) is 12.7. The average Bonchev–Trinajstić information content (AvgIpc) is 2.35. The second kappa shape index (κ2) is 7.09. The quantitative estimate of drug-likeness (QED) is 0.845. The van der Waals surface area contributed by atoms with Gasteiger partial charge in [-0.2, -0.15) is 11.8 Å². The zero-order valence-electron chi connectivity index (χ0n) is 11.9. The van der Waals surface area contributed by atoms with Crippen molar-refractivity contribution in [3.05, 3.63) is 35.1 Å². The number of thioether (sulfide) groups is 1. The SMILES string of the molecule is CSCc1cc(F)ccc1CNC(=O)C(C)C1CNC1. The molecule has 0 spiro atoms. The molecule has 1 atom stereocenters. The molecule has 1 saturated heterocycles. The molecule has 1 amide bonds. The van der Waals surface area contributed by atoms with Gasteiger partial charge in [-0.05, 0) is 48.5 Å². The number of nitrogens with one attached hydrogen (secondary N) is 2. The topological polar surface area (TPSA) is 41.1 Å². The van der Waals surface area contributed by atoms with Crippen molar-refractivity contribution in [3.8, 4) is 0 Å². The van der Waals surface area contributed by atoms with Gasteiger partial charge in [0.25, 0.3) is 0 Å².